The topological polar surface area (TPSA) is 76.7 Å². The zero-order valence-corrected chi connectivity index (χ0v) is 14.4. The van der Waals surface area contributed by atoms with Crippen LogP contribution < -0.4 is 20.1 Å². The number of nitrogens with one attached hydrogen (secondary N) is 2. The highest BCUT2D eigenvalue weighted by Gasteiger charge is 2.07. The van der Waals surface area contributed by atoms with Gasteiger partial charge < -0.3 is 20.1 Å². The van der Waals surface area contributed by atoms with E-state index in [1.54, 1.807) is 38.5 Å². The second-order valence-corrected chi connectivity index (χ2v) is 5.36. The smallest absolute Gasteiger partial charge is 0.251 e. The van der Waals surface area contributed by atoms with Crippen molar-refractivity contribution in [3.63, 3.8) is 0 Å². The summed E-state index contributed by atoms with van der Waals surface area (Å²) in [6.07, 6.45) is 0.220. The average molecular weight is 342 g/mol. The summed E-state index contributed by atoms with van der Waals surface area (Å²) in [5.41, 5.74) is 1.51. The van der Waals surface area contributed by atoms with Crippen LogP contribution in [0.15, 0.2) is 48.5 Å². The maximum atomic E-state index is 12.0. The van der Waals surface area contributed by atoms with Gasteiger partial charge in [0.15, 0.2) is 0 Å². The fraction of sp³-hybridized carbons (Fsp3) is 0.263. The predicted octanol–water partition coefficient (Wildman–Crippen LogP) is 2.14. The molecule has 132 valence electrons. The molecule has 0 unspecified atom stereocenters. The van der Waals surface area contributed by atoms with Crippen molar-refractivity contribution in [2.24, 2.45) is 0 Å². The van der Waals surface area contributed by atoms with Gasteiger partial charge in [-0.05, 0) is 42.0 Å². The van der Waals surface area contributed by atoms with Crippen molar-refractivity contribution in [2.75, 3.05) is 20.8 Å². The summed E-state index contributed by atoms with van der Waals surface area (Å²) >= 11 is 0. The van der Waals surface area contributed by atoms with Crippen LogP contribution in [-0.2, 0) is 11.3 Å². The molecule has 2 rings (SSSR count). The van der Waals surface area contributed by atoms with Gasteiger partial charge in [0.2, 0.25) is 5.91 Å². The third kappa shape index (κ3) is 5.84. The van der Waals surface area contributed by atoms with E-state index in [-0.39, 0.29) is 24.8 Å². The van der Waals surface area contributed by atoms with Gasteiger partial charge in [-0.2, -0.15) is 0 Å². The molecule has 0 aliphatic carbocycles. The maximum absolute atomic E-state index is 12.0. The van der Waals surface area contributed by atoms with E-state index in [9.17, 15) is 9.59 Å². The average Bonchev–Trinajstić information content (AvgIpc) is 2.66. The molecule has 0 saturated carbocycles. The fourth-order valence-corrected chi connectivity index (χ4v) is 2.17. The van der Waals surface area contributed by atoms with E-state index in [4.69, 9.17) is 9.47 Å². The Morgan fingerprint density at radius 2 is 1.40 bits per heavy atom. The first kappa shape index (κ1) is 18.3. The van der Waals surface area contributed by atoms with Crippen molar-refractivity contribution in [1.29, 1.82) is 0 Å². The second-order valence-electron chi connectivity index (χ2n) is 5.36. The lowest BCUT2D eigenvalue weighted by atomic mass is 10.2. The molecule has 0 bridgehead atoms. The SMILES string of the molecule is COc1ccc(CNC(=O)CCNC(=O)c2ccc(OC)cc2)cc1. The lowest BCUT2D eigenvalue weighted by Crippen LogP contribution is -2.30. The van der Waals surface area contributed by atoms with Gasteiger partial charge >= 0.3 is 0 Å². The van der Waals surface area contributed by atoms with Gasteiger partial charge in [0.1, 0.15) is 11.5 Å². The van der Waals surface area contributed by atoms with Crippen molar-refractivity contribution < 1.29 is 19.1 Å². The molecule has 2 amide bonds. The molecule has 0 spiro atoms. The number of methoxy groups -OCH3 is 2. The van der Waals surface area contributed by atoms with Gasteiger partial charge in [0, 0.05) is 25.1 Å². The summed E-state index contributed by atoms with van der Waals surface area (Å²) in [6.45, 7) is 0.717. The van der Waals surface area contributed by atoms with Crippen molar-refractivity contribution >= 4 is 11.8 Å². The quantitative estimate of drug-likeness (QED) is 0.771. The minimum absolute atomic E-state index is 0.120. The Bertz CT molecular complexity index is 696. The summed E-state index contributed by atoms with van der Waals surface area (Å²) in [6, 6.07) is 14.3. The van der Waals surface area contributed by atoms with Crippen molar-refractivity contribution in [3.05, 3.63) is 59.7 Å². The van der Waals surface area contributed by atoms with Gasteiger partial charge in [-0.1, -0.05) is 12.1 Å². The number of amides is 2. The van der Waals surface area contributed by atoms with Gasteiger partial charge in [-0.25, -0.2) is 0 Å². The molecular weight excluding hydrogens is 320 g/mol. The van der Waals surface area contributed by atoms with Crippen molar-refractivity contribution in [2.45, 2.75) is 13.0 Å². The Labute approximate surface area is 147 Å². The molecule has 0 saturated heterocycles. The molecular formula is C19H22N2O4. The van der Waals surface area contributed by atoms with Crippen LogP contribution in [0.1, 0.15) is 22.3 Å². The van der Waals surface area contributed by atoms with Crippen LogP contribution in [0.25, 0.3) is 0 Å². The Hall–Kier alpha value is -3.02. The first-order valence-electron chi connectivity index (χ1n) is 7.94. The van der Waals surface area contributed by atoms with E-state index in [1.807, 2.05) is 24.3 Å². The van der Waals surface area contributed by atoms with Gasteiger partial charge in [0.05, 0.1) is 14.2 Å². The van der Waals surface area contributed by atoms with E-state index in [0.717, 1.165) is 11.3 Å². The summed E-state index contributed by atoms with van der Waals surface area (Å²) in [5, 5.41) is 5.54. The molecule has 6 nitrogen and oxygen atoms in total. The minimum atomic E-state index is -0.217. The zero-order chi connectivity index (χ0) is 18.1. The molecule has 0 radical (unpaired) electrons. The largest absolute Gasteiger partial charge is 0.497 e. The Morgan fingerprint density at radius 3 is 1.96 bits per heavy atom. The van der Waals surface area contributed by atoms with Crippen LogP contribution in [0.2, 0.25) is 0 Å². The Balaban J connectivity index is 1.69. The molecule has 0 heterocycles. The number of benzene rings is 2. The number of carbonyl (C=O) groups excluding carboxylic acids is 2. The first-order valence-corrected chi connectivity index (χ1v) is 7.94. The molecule has 0 aromatic heterocycles. The molecule has 0 aliphatic heterocycles. The predicted molar refractivity (Wildman–Crippen MR) is 94.8 cm³/mol. The van der Waals surface area contributed by atoms with Crippen molar-refractivity contribution in [1.82, 2.24) is 10.6 Å². The van der Waals surface area contributed by atoms with Crippen LogP contribution in [0.4, 0.5) is 0 Å². The highest BCUT2D eigenvalue weighted by molar-refractivity contribution is 5.94. The standard InChI is InChI=1S/C19H22N2O4/c1-24-16-7-3-14(4-8-16)13-21-18(22)11-12-20-19(23)15-5-9-17(25-2)10-6-15/h3-10H,11-13H2,1-2H3,(H,20,23)(H,21,22). The summed E-state index contributed by atoms with van der Waals surface area (Å²) < 4.78 is 10.1. The number of ether oxygens (including phenoxy) is 2. The van der Waals surface area contributed by atoms with E-state index >= 15 is 0 Å². The van der Waals surface area contributed by atoms with E-state index in [0.29, 0.717) is 17.9 Å². The molecule has 0 fully saturated rings. The normalized spacial score (nSPS) is 10.0. The van der Waals surface area contributed by atoms with Gasteiger partial charge in [-0.15, -0.1) is 0 Å². The molecule has 2 N–H and O–H groups in total. The van der Waals surface area contributed by atoms with Gasteiger partial charge in [0.25, 0.3) is 5.91 Å². The highest BCUT2D eigenvalue weighted by Crippen LogP contribution is 2.11. The van der Waals surface area contributed by atoms with Crippen LogP contribution >= 0.6 is 0 Å². The molecule has 2 aromatic rings. The fourth-order valence-electron chi connectivity index (χ4n) is 2.17. The highest BCUT2D eigenvalue weighted by atomic mass is 16.5. The third-order valence-electron chi connectivity index (χ3n) is 3.64. The number of rotatable bonds is 8. The Morgan fingerprint density at radius 1 is 0.840 bits per heavy atom. The lowest BCUT2D eigenvalue weighted by Gasteiger charge is -2.08. The second kappa shape index (κ2) is 9.32. The molecule has 6 heteroatoms. The van der Waals surface area contributed by atoms with Crippen molar-refractivity contribution in [3.8, 4) is 11.5 Å². The number of hydrogen-bond donors (Lipinski definition) is 2. The summed E-state index contributed by atoms with van der Waals surface area (Å²) in [4.78, 5) is 23.8. The number of carbonyl (C=O) groups is 2. The van der Waals surface area contributed by atoms with E-state index in [1.165, 1.54) is 0 Å². The van der Waals surface area contributed by atoms with Crippen LogP contribution in [0.5, 0.6) is 11.5 Å². The number of hydrogen-bond acceptors (Lipinski definition) is 4. The van der Waals surface area contributed by atoms with Crippen LogP contribution in [0.3, 0.4) is 0 Å². The van der Waals surface area contributed by atoms with E-state index in [2.05, 4.69) is 10.6 Å². The third-order valence-corrected chi connectivity index (χ3v) is 3.64. The summed E-state index contributed by atoms with van der Waals surface area (Å²) in [5.74, 6) is 1.13. The van der Waals surface area contributed by atoms with Crippen LogP contribution in [-0.4, -0.2) is 32.6 Å². The maximum Gasteiger partial charge on any atom is 0.251 e. The zero-order valence-electron chi connectivity index (χ0n) is 14.4. The van der Waals surface area contributed by atoms with Crippen LogP contribution in [0, 0.1) is 0 Å². The molecule has 2 aromatic carbocycles. The van der Waals surface area contributed by atoms with E-state index < -0.39 is 0 Å². The van der Waals surface area contributed by atoms with Gasteiger partial charge in [-0.3, -0.25) is 9.59 Å². The minimum Gasteiger partial charge on any atom is -0.497 e. The Kier molecular flexibility index (Phi) is 6.83. The summed E-state index contributed by atoms with van der Waals surface area (Å²) in [7, 11) is 3.18. The molecule has 0 atom stereocenters. The molecule has 25 heavy (non-hydrogen) atoms. The lowest BCUT2D eigenvalue weighted by molar-refractivity contribution is -0.121. The molecule has 0 aliphatic rings. The first-order chi connectivity index (χ1) is 12.1. The monoisotopic (exact) mass is 342 g/mol.